The molecule has 1 aliphatic rings. The summed E-state index contributed by atoms with van der Waals surface area (Å²) >= 11 is 0. The van der Waals surface area contributed by atoms with Crippen molar-refractivity contribution < 1.29 is 0 Å². The quantitative estimate of drug-likeness (QED) is 0.597. The van der Waals surface area contributed by atoms with Crippen molar-refractivity contribution in [3.05, 3.63) is 11.6 Å². The zero-order valence-electron chi connectivity index (χ0n) is 10.4. The Balaban J connectivity index is 0.000000791. The fourth-order valence-corrected chi connectivity index (χ4v) is 1.42. The predicted octanol–water partition coefficient (Wildman–Crippen LogP) is 4.24. The molecule has 0 aliphatic heterocycles. The zero-order valence-corrected chi connectivity index (χ0v) is 10.4. The van der Waals surface area contributed by atoms with Crippen LogP contribution in [0.3, 0.4) is 0 Å². The van der Waals surface area contributed by atoms with Crippen LogP contribution in [0.25, 0.3) is 0 Å². The molecule has 0 amide bonds. The van der Waals surface area contributed by atoms with Crippen LogP contribution >= 0.6 is 0 Å². The number of aliphatic imine (C=N–C) groups is 1. The second-order valence-corrected chi connectivity index (χ2v) is 3.62. The van der Waals surface area contributed by atoms with E-state index in [-0.39, 0.29) is 0 Å². The first-order valence-corrected chi connectivity index (χ1v) is 5.91. The molecule has 0 radical (unpaired) electrons. The Kier molecular flexibility index (Phi) is 7.45. The molecule has 0 aromatic rings. The fraction of sp³-hybridized carbons (Fsp3) is 0.769. The predicted molar refractivity (Wildman–Crippen MR) is 66.1 cm³/mol. The summed E-state index contributed by atoms with van der Waals surface area (Å²) in [5.74, 6) is 0.775. The lowest BCUT2D eigenvalue weighted by atomic mass is 9.81. The van der Waals surface area contributed by atoms with Gasteiger partial charge >= 0.3 is 0 Å². The summed E-state index contributed by atoms with van der Waals surface area (Å²) in [6, 6.07) is 0. The van der Waals surface area contributed by atoms with E-state index in [2.05, 4.69) is 24.9 Å². The zero-order chi connectivity index (χ0) is 11.0. The van der Waals surface area contributed by atoms with E-state index >= 15 is 0 Å². The molecule has 1 saturated carbocycles. The average Bonchev–Trinajstić information content (AvgIpc) is 2.17. The first-order chi connectivity index (χ1) is 6.77. The highest BCUT2D eigenvalue weighted by Gasteiger charge is 2.21. The van der Waals surface area contributed by atoms with E-state index in [1.165, 1.54) is 30.5 Å². The van der Waals surface area contributed by atoms with Crippen molar-refractivity contribution in [1.29, 1.82) is 0 Å². The summed E-state index contributed by atoms with van der Waals surface area (Å²) in [6.45, 7) is 8.38. The summed E-state index contributed by atoms with van der Waals surface area (Å²) in [7, 11) is 1.91. The molecule has 14 heavy (non-hydrogen) atoms. The Morgan fingerprint density at radius 2 is 1.93 bits per heavy atom. The minimum Gasteiger partial charge on any atom is -0.293 e. The van der Waals surface area contributed by atoms with Crippen molar-refractivity contribution in [3.63, 3.8) is 0 Å². The van der Waals surface area contributed by atoms with Crippen molar-refractivity contribution in [2.75, 3.05) is 7.05 Å². The third-order valence-electron chi connectivity index (χ3n) is 2.73. The Labute approximate surface area is 89.3 Å². The van der Waals surface area contributed by atoms with Crippen molar-refractivity contribution in [1.82, 2.24) is 0 Å². The van der Waals surface area contributed by atoms with Gasteiger partial charge in [0.1, 0.15) is 0 Å². The Hall–Kier alpha value is -0.590. The van der Waals surface area contributed by atoms with Crippen LogP contribution in [0.1, 0.15) is 53.4 Å². The van der Waals surface area contributed by atoms with Crippen LogP contribution in [0.4, 0.5) is 0 Å². The van der Waals surface area contributed by atoms with E-state index < -0.39 is 0 Å². The van der Waals surface area contributed by atoms with Gasteiger partial charge in [-0.2, -0.15) is 0 Å². The standard InChI is InChI=1S/C11H19N.C2H6/c1-4-9(2)8-11(12-3)10-6-5-7-10;1-2/h8,10H,4-7H2,1-3H3;1-2H3/b9-8-,12-11?;. The van der Waals surface area contributed by atoms with E-state index in [4.69, 9.17) is 0 Å². The van der Waals surface area contributed by atoms with Crippen molar-refractivity contribution in [2.45, 2.75) is 53.4 Å². The summed E-state index contributed by atoms with van der Waals surface area (Å²) in [5, 5.41) is 0. The highest BCUT2D eigenvalue weighted by molar-refractivity contribution is 5.97. The van der Waals surface area contributed by atoms with Crippen molar-refractivity contribution >= 4 is 5.71 Å². The lowest BCUT2D eigenvalue weighted by molar-refractivity contribution is 0.414. The van der Waals surface area contributed by atoms with E-state index in [0.29, 0.717) is 0 Å². The maximum atomic E-state index is 4.34. The maximum Gasteiger partial charge on any atom is 0.0375 e. The molecule has 0 bridgehead atoms. The first-order valence-electron chi connectivity index (χ1n) is 5.91. The highest BCUT2D eigenvalue weighted by atomic mass is 14.7. The molecule has 1 rings (SSSR count). The topological polar surface area (TPSA) is 12.4 Å². The monoisotopic (exact) mass is 195 g/mol. The molecule has 0 atom stereocenters. The lowest BCUT2D eigenvalue weighted by Gasteiger charge is -2.25. The van der Waals surface area contributed by atoms with E-state index in [9.17, 15) is 0 Å². The molecular formula is C13H25N. The number of hydrogen-bond donors (Lipinski definition) is 0. The molecule has 0 heterocycles. The lowest BCUT2D eigenvalue weighted by Crippen LogP contribution is -2.20. The van der Waals surface area contributed by atoms with Gasteiger partial charge in [0, 0.05) is 18.7 Å². The molecule has 1 fully saturated rings. The number of rotatable bonds is 3. The van der Waals surface area contributed by atoms with Gasteiger partial charge in [-0.15, -0.1) is 0 Å². The summed E-state index contributed by atoms with van der Waals surface area (Å²) < 4.78 is 0. The number of hydrogen-bond acceptors (Lipinski definition) is 1. The Bertz CT molecular complexity index is 197. The molecule has 82 valence electrons. The second kappa shape index (κ2) is 7.78. The third kappa shape index (κ3) is 4.08. The highest BCUT2D eigenvalue weighted by Crippen LogP contribution is 2.28. The summed E-state index contributed by atoms with van der Waals surface area (Å²) in [5.41, 5.74) is 2.77. The Morgan fingerprint density at radius 1 is 1.36 bits per heavy atom. The summed E-state index contributed by atoms with van der Waals surface area (Å²) in [6.07, 6.45) is 7.50. The van der Waals surface area contributed by atoms with Gasteiger partial charge in [-0.05, 0) is 32.3 Å². The van der Waals surface area contributed by atoms with Gasteiger partial charge in [-0.25, -0.2) is 0 Å². The van der Waals surface area contributed by atoms with E-state index in [0.717, 1.165) is 12.3 Å². The summed E-state index contributed by atoms with van der Waals surface area (Å²) in [4.78, 5) is 4.34. The molecular weight excluding hydrogens is 170 g/mol. The third-order valence-corrected chi connectivity index (χ3v) is 2.73. The average molecular weight is 195 g/mol. The van der Waals surface area contributed by atoms with Gasteiger partial charge in [0.05, 0.1) is 0 Å². The largest absolute Gasteiger partial charge is 0.293 e. The molecule has 0 aromatic carbocycles. The molecule has 0 N–H and O–H groups in total. The van der Waals surface area contributed by atoms with Gasteiger partial charge in [0.15, 0.2) is 0 Å². The van der Waals surface area contributed by atoms with E-state index in [1.54, 1.807) is 0 Å². The van der Waals surface area contributed by atoms with Crippen LogP contribution in [-0.4, -0.2) is 12.8 Å². The van der Waals surface area contributed by atoms with Crippen molar-refractivity contribution in [3.8, 4) is 0 Å². The van der Waals surface area contributed by atoms with Crippen molar-refractivity contribution in [2.24, 2.45) is 10.9 Å². The molecule has 0 spiro atoms. The van der Waals surface area contributed by atoms with Crippen LogP contribution in [0.2, 0.25) is 0 Å². The van der Waals surface area contributed by atoms with Crippen LogP contribution in [0.5, 0.6) is 0 Å². The van der Waals surface area contributed by atoms with Gasteiger partial charge in [-0.1, -0.05) is 32.8 Å². The molecule has 0 unspecified atom stereocenters. The first kappa shape index (κ1) is 13.4. The SMILES string of the molecule is CC.CC/C(C)=C\C(=NC)C1CCC1. The number of nitrogens with zero attached hydrogens (tertiary/aromatic N) is 1. The molecule has 0 aromatic heterocycles. The smallest absolute Gasteiger partial charge is 0.0375 e. The van der Waals surface area contributed by atoms with Gasteiger partial charge in [0.2, 0.25) is 0 Å². The second-order valence-electron chi connectivity index (χ2n) is 3.62. The Morgan fingerprint density at radius 3 is 2.21 bits per heavy atom. The minimum absolute atomic E-state index is 0.775. The normalized spacial score (nSPS) is 18.4. The molecule has 1 aliphatic carbocycles. The van der Waals surface area contributed by atoms with Gasteiger partial charge in [0.25, 0.3) is 0 Å². The van der Waals surface area contributed by atoms with Crippen LogP contribution in [-0.2, 0) is 0 Å². The molecule has 1 heteroatoms. The van der Waals surface area contributed by atoms with Gasteiger partial charge in [-0.3, -0.25) is 4.99 Å². The van der Waals surface area contributed by atoms with Crippen LogP contribution in [0.15, 0.2) is 16.6 Å². The fourth-order valence-electron chi connectivity index (χ4n) is 1.42. The maximum absolute atomic E-state index is 4.34. The van der Waals surface area contributed by atoms with Crippen LogP contribution < -0.4 is 0 Å². The van der Waals surface area contributed by atoms with Crippen LogP contribution in [0, 0.1) is 5.92 Å². The van der Waals surface area contributed by atoms with Gasteiger partial charge < -0.3 is 0 Å². The molecule has 0 saturated heterocycles. The molecule has 1 nitrogen and oxygen atoms in total. The number of allylic oxidation sites excluding steroid dienone is 2. The van der Waals surface area contributed by atoms with E-state index in [1.807, 2.05) is 20.9 Å². The minimum atomic E-state index is 0.775.